The summed E-state index contributed by atoms with van der Waals surface area (Å²) in [6.45, 7) is -0.395. The van der Waals surface area contributed by atoms with Gasteiger partial charge in [-0.3, -0.25) is 14.5 Å². The van der Waals surface area contributed by atoms with Crippen molar-refractivity contribution in [1.82, 2.24) is 15.1 Å². The molecular formula is C26H28N4O3. The van der Waals surface area contributed by atoms with Crippen LogP contribution in [0.3, 0.4) is 0 Å². The van der Waals surface area contributed by atoms with E-state index in [1.54, 1.807) is 7.05 Å². The number of hydrogen-bond acceptors (Lipinski definition) is 4. The third-order valence-corrected chi connectivity index (χ3v) is 6.95. The topological polar surface area (TPSA) is 93.5 Å². The van der Waals surface area contributed by atoms with Crippen molar-refractivity contribution >= 4 is 17.8 Å². The van der Waals surface area contributed by atoms with Gasteiger partial charge in [-0.15, -0.1) is 0 Å². The van der Waals surface area contributed by atoms with E-state index in [1.807, 2.05) is 60.7 Å². The van der Waals surface area contributed by atoms with Crippen LogP contribution in [0.2, 0.25) is 0 Å². The molecular weight excluding hydrogens is 416 g/mol. The minimum Gasteiger partial charge on any atom is -0.325 e. The molecule has 0 aromatic heterocycles. The van der Waals surface area contributed by atoms with Gasteiger partial charge in [0.1, 0.15) is 12.1 Å². The van der Waals surface area contributed by atoms with E-state index in [-0.39, 0.29) is 6.42 Å². The molecule has 2 aromatic carbocycles. The van der Waals surface area contributed by atoms with E-state index in [4.69, 9.17) is 0 Å². The Morgan fingerprint density at radius 1 is 1.03 bits per heavy atom. The van der Waals surface area contributed by atoms with Gasteiger partial charge in [-0.05, 0) is 24.0 Å². The fourth-order valence-electron chi connectivity index (χ4n) is 4.95. The molecule has 7 heteroatoms. The predicted octanol–water partition coefficient (Wildman–Crippen LogP) is 3.36. The number of nitrogens with zero attached hydrogens (tertiary/aromatic N) is 3. The first-order valence-electron chi connectivity index (χ1n) is 11.3. The molecule has 1 heterocycles. The van der Waals surface area contributed by atoms with Crippen molar-refractivity contribution in [2.24, 2.45) is 0 Å². The zero-order valence-corrected chi connectivity index (χ0v) is 18.8. The van der Waals surface area contributed by atoms with E-state index in [2.05, 4.69) is 11.4 Å². The number of imide groups is 1. The number of benzene rings is 2. The molecule has 4 amide bonds. The van der Waals surface area contributed by atoms with Crippen LogP contribution in [0.15, 0.2) is 60.7 Å². The quantitative estimate of drug-likeness (QED) is 0.692. The largest absolute Gasteiger partial charge is 0.325 e. The molecule has 0 radical (unpaired) electrons. The maximum absolute atomic E-state index is 13.7. The molecule has 0 bridgehead atoms. The minimum absolute atomic E-state index is 0.269. The third kappa shape index (κ3) is 4.09. The zero-order valence-electron chi connectivity index (χ0n) is 18.8. The Labute approximate surface area is 194 Å². The minimum atomic E-state index is -1.30. The molecule has 1 aliphatic heterocycles. The molecule has 1 saturated heterocycles. The van der Waals surface area contributed by atoms with Crippen LogP contribution in [0.1, 0.15) is 43.2 Å². The summed E-state index contributed by atoms with van der Waals surface area (Å²) in [6.07, 6.45) is 4.27. The molecule has 1 saturated carbocycles. The van der Waals surface area contributed by atoms with Crippen LogP contribution in [0.5, 0.6) is 0 Å². The molecule has 1 atom stereocenters. The smallest absolute Gasteiger partial charge is 0.325 e. The standard InChI is InChI=1S/C26H28N4O3/c1-29(25(19-27)15-9-4-10-16-25)22(31)18-30-23(32)26(28-24(30)33,21-13-7-3-8-14-21)17-20-11-5-2-6-12-20/h2-3,5-8,11-14H,4,9-10,15-18H2,1H3,(H,28,33). The molecule has 1 unspecified atom stereocenters. The maximum Gasteiger partial charge on any atom is 0.325 e. The average molecular weight is 445 g/mol. The Hall–Kier alpha value is -3.66. The monoisotopic (exact) mass is 444 g/mol. The number of nitrogens with one attached hydrogen (secondary N) is 1. The lowest BCUT2D eigenvalue weighted by Crippen LogP contribution is -2.53. The van der Waals surface area contributed by atoms with E-state index >= 15 is 0 Å². The highest BCUT2D eigenvalue weighted by Gasteiger charge is 2.53. The number of amides is 4. The first-order chi connectivity index (χ1) is 15.9. The van der Waals surface area contributed by atoms with Crippen molar-refractivity contribution < 1.29 is 14.4 Å². The predicted molar refractivity (Wildman–Crippen MR) is 123 cm³/mol. The van der Waals surface area contributed by atoms with Crippen molar-refractivity contribution in [3.05, 3.63) is 71.8 Å². The lowest BCUT2D eigenvalue weighted by atomic mass is 9.81. The summed E-state index contributed by atoms with van der Waals surface area (Å²) in [5, 5.41) is 12.7. The Balaban J connectivity index is 1.61. The normalized spacial score (nSPS) is 21.9. The molecule has 1 aliphatic carbocycles. The summed E-state index contributed by atoms with van der Waals surface area (Å²) >= 11 is 0. The summed E-state index contributed by atoms with van der Waals surface area (Å²) in [5.41, 5.74) is -0.618. The van der Waals surface area contributed by atoms with Crippen molar-refractivity contribution in [3.63, 3.8) is 0 Å². The molecule has 7 nitrogen and oxygen atoms in total. The molecule has 2 aliphatic rings. The van der Waals surface area contributed by atoms with Crippen molar-refractivity contribution in [3.8, 4) is 6.07 Å². The first kappa shape index (κ1) is 22.5. The van der Waals surface area contributed by atoms with Crippen LogP contribution in [0.4, 0.5) is 4.79 Å². The Morgan fingerprint density at radius 2 is 1.64 bits per heavy atom. The second kappa shape index (κ2) is 9.07. The number of urea groups is 1. The summed E-state index contributed by atoms with van der Waals surface area (Å²) in [6, 6.07) is 20.3. The fourth-order valence-corrected chi connectivity index (χ4v) is 4.95. The SMILES string of the molecule is CN(C(=O)CN1C(=O)NC(Cc2ccccc2)(c2ccccc2)C1=O)C1(C#N)CCCCC1. The van der Waals surface area contributed by atoms with E-state index in [1.165, 1.54) is 4.90 Å². The summed E-state index contributed by atoms with van der Waals surface area (Å²) in [4.78, 5) is 42.3. The van der Waals surface area contributed by atoms with Crippen LogP contribution in [-0.4, -0.2) is 46.8 Å². The maximum atomic E-state index is 13.7. The van der Waals surface area contributed by atoms with E-state index < -0.39 is 35.5 Å². The molecule has 1 N–H and O–H groups in total. The highest BCUT2D eigenvalue weighted by molar-refractivity contribution is 6.09. The van der Waals surface area contributed by atoms with Gasteiger partial charge >= 0.3 is 6.03 Å². The Bertz CT molecular complexity index is 1070. The molecule has 33 heavy (non-hydrogen) atoms. The van der Waals surface area contributed by atoms with Gasteiger partial charge < -0.3 is 10.2 Å². The second-order valence-corrected chi connectivity index (χ2v) is 8.91. The molecule has 170 valence electrons. The number of likely N-dealkylation sites (N-methyl/N-ethyl adjacent to an activating group) is 1. The lowest BCUT2D eigenvalue weighted by Gasteiger charge is -2.39. The van der Waals surface area contributed by atoms with Gasteiger partial charge in [-0.1, -0.05) is 79.9 Å². The number of carbonyl (C=O) groups is 3. The van der Waals surface area contributed by atoms with E-state index in [0.29, 0.717) is 18.4 Å². The van der Waals surface area contributed by atoms with Gasteiger partial charge in [0, 0.05) is 13.5 Å². The number of hydrogen-bond donors (Lipinski definition) is 1. The highest BCUT2D eigenvalue weighted by atomic mass is 16.2. The third-order valence-electron chi connectivity index (χ3n) is 6.95. The fraction of sp³-hybridized carbons (Fsp3) is 0.385. The average Bonchev–Trinajstić information content (AvgIpc) is 3.10. The van der Waals surface area contributed by atoms with Crippen molar-refractivity contribution in [2.45, 2.75) is 49.6 Å². The van der Waals surface area contributed by atoms with Gasteiger partial charge in [0.05, 0.1) is 6.07 Å². The molecule has 4 rings (SSSR count). The van der Waals surface area contributed by atoms with E-state index in [0.717, 1.165) is 29.7 Å². The number of carbonyl (C=O) groups excluding carboxylic acids is 3. The van der Waals surface area contributed by atoms with Crippen LogP contribution in [0, 0.1) is 11.3 Å². The van der Waals surface area contributed by atoms with Gasteiger partial charge in [0.15, 0.2) is 5.54 Å². The van der Waals surface area contributed by atoms with Gasteiger partial charge in [0.2, 0.25) is 5.91 Å². The van der Waals surface area contributed by atoms with Crippen LogP contribution in [0.25, 0.3) is 0 Å². The van der Waals surface area contributed by atoms with Crippen LogP contribution in [-0.2, 0) is 21.5 Å². The van der Waals surface area contributed by atoms with Crippen LogP contribution >= 0.6 is 0 Å². The van der Waals surface area contributed by atoms with E-state index in [9.17, 15) is 19.6 Å². The zero-order chi connectivity index (χ0) is 23.5. The lowest BCUT2D eigenvalue weighted by molar-refractivity contribution is -0.141. The van der Waals surface area contributed by atoms with Gasteiger partial charge in [-0.25, -0.2) is 4.79 Å². The Kier molecular flexibility index (Phi) is 6.19. The number of rotatable bonds is 6. The first-order valence-corrected chi connectivity index (χ1v) is 11.3. The molecule has 2 aromatic rings. The second-order valence-electron chi connectivity index (χ2n) is 8.91. The Morgan fingerprint density at radius 3 is 2.24 bits per heavy atom. The summed E-state index contributed by atoms with van der Waals surface area (Å²) in [5.74, 6) is -0.871. The summed E-state index contributed by atoms with van der Waals surface area (Å²) < 4.78 is 0. The van der Waals surface area contributed by atoms with Crippen LogP contribution < -0.4 is 5.32 Å². The molecule has 0 spiro atoms. The van der Waals surface area contributed by atoms with Gasteiger partial charge in [0.25, 0.3) is 5.91 Å². The van der Waals surface area contributed by atoms with Gasteiger partial charge in [-0.2, -0.15) is 5.26 Å². The summed E-state index contributed by atoms with van der Waals surface area (Å²) in [7, 11) is 1.60. The highest BCUT2D eigenvalue weighted by Crippen LogP contribution is 2.35. The molecule has 2 fully saturated rings. The van der Waals surface area contributed by atoms with Crippen molar-refractivity contribution in [1.29, 1.82) is 5.26 Å². The van der Waals surface area contributed by atoms with Crippen molar-refractivity contribution in [2.75, 3.05) is 13.6 Å². The number of nitriles is 1.